The monoisotopic (exact) mass is 637 g/mol. The predicted octanol–water partition coefficient (Wildman–Crippen LogP) is 11.1. The molecule has 1 heterocycles. The van der Waals surface area contributed by atoms with Gasteiger partial charge in [0.1, 0.15) is 11.2 Å². The van der Waals surface area contributed by atoms with Crippen LogP contribution in [0.25, 0.3) is 11.1 Å². The van der Waals surface area contributed by atoms with Crippen molar-refractivity contribution in [2.75, 3.05) is 4.90 Å². The molecular weight excluding hydrogens is 591 g/mol. The lowest BCUT2D eigenvalue weighted by Crippen LogP contribution is -2.50. The second-order valence-electron chi connectivity index (χ2n) is 13.9. The molecule has 1 aliphatic rings. The van der Waals surface area contributed by atoms with Crippen LogP contribution >= 0.6 is 0 Å². The quantitative estimate of drug-likeness (QED) is 0.151. The molecule has 0 saturated carbocycles. The van der Waals surface area contributed by atoms with Crippen molar-refractivity contribution in [1.82, 2.24) is 0 Å². The normalized spacial score (nSPS) is 14.3. The SMILES string of the molecule is Cc1c(O[Si](C(C)C)(C(C)C)C(C)C)ccc2c1-c1ccccc1C(c1ccccc1)(c1ccccc1)C(=O)N2Cc1ccccc1. The molecule has 0 spiro atoms. The number of fused-ring (bicyclic) bond motifs is 3. The van der Waals surface area contributed by atoms with Crippen LogP contribution in [0.4, 0.5) is 5.69 Å². The number of benzene rings is 5. The Bertz CT molecular complexity index is 1790. The van der Waals surface area contributed by atoms with Gasteiger partial charge in [-0.25, -0.2) is 0 Å². The Morgan fingerprint density at radius 3 is 1.66 bits per heavy atom. The molecule has 4 heteroatoms. The fourth-order valence-corrected chi connectivity index (χ4v) is 13.7. The largest absolute Gasteiger partial charge is 0.542 e. The Labute approximate surface area is 282 Å². The van der Waals surface area contributed by atoms with E-state index in [1.165, 1.54) is 0 Å². The topological polar surface area (TPSA) is 29.5 Å². The molecule has 0 aromatic heterocycles. The van der Waals surface area contributed by atoms with Gasteiger partial charge < -0.3 is 9.33 Å². The summed E-state index contributed by atoms with van der Waals surface area (Å²) in [6.07, 6.45) is 0. The van der Waals surface area contributed by atoms with E-state index in [1.807, 2.05) is 59.5 Å². The highest BCUT2D eigenvalue weighted by atomic mass is 28.4. The first-order valence-corrected chi connectivity index (χ1v) is 19.2. The van der Waals surface area contributed by atoms with Crippen molar-refractivity contribution in [2.24, 2.45) is 0 Å². The first kappa shape index (κ1) is 32.5. The molecule has 0 atom stereocenters. The highest BCUT2D eigenvalue weighted by molar-refractivity contribution is 6.78. The minimum atomic E-state index is -2.25. The average molecular weight is 638 g/mol. The van der Waals surface area contributed by atoms with E-state index >= 15 is 4.79 Å². The van der Waals surface area contributed by atoms with Crippen LogP contribution in [0.1, 0.15) is 69.4 Å². The lowest BCUT2D eigenvalue weighted by molar-refractivity contribution is -0.121. The van der Waals surface area contributed by atoms with Crippen LogP contribution in [0.15, 0.2) is 127 Å². The van der Waals surface area contributed by atoms with Crippen LogP contribution in [-0.4, -0.2) is 14.2 Å². The molecule has 1 amide bonds. The van der Waals surface area contributed by atoms with Gasteiger partial charge in [0.2, 0.25) is 5.91 Å². The van der Waals surface area contributed by atoms with Crippen LogP contribution in [0, 0.1) is 6.92 Å². The zero-order chi connectivity index (χ0) is 33.3. The van der Waals surface area contributed by atoms with Crippen molar-refractivity contribution >= 4 is 19.9 Å². The van der Waals surface area contributed by atoms with E-state index in [4.69, 9.17) is 4.43 Å². The van der Waals surface area contributed by atoms with E-state index in [9.17, 15) is 0 Å². The third-order valence-corrected chi connectivity index (χ3v) is 16.4. The van der Waals surface area contributed by atoms with Gasteiger partial charge in [0.25, 0.3) is 8.32 Å². The zero-order valence-corrected chi connectivity index (χ0v) is 29.8. The van der Waals surface area contributed by atoms with Crippen molar-refractivity contribution in [2.45, 2.75) is 77.0 Å². The van der Waals surface area contributed by atoms with Gasteiger partial charge >= 0.3 is 0 Å². The van der Waals surface area contributed by atoms with Crippen LogP contribution < -0.4 is 9.33 Å². The van der Waals surface area contributed by atoms with Gasteiger partial charge in [-0.1, -0.05) is 157 Å². The van der Waals surface area contributed by atoms with E-state index in [-0.39, 0.29) is 5.91 Å². The second kappa shape index (κ2) is 13.0. The van der Waals surface area contributed by atoms with Crippen molar-refractivity contribution in [3.05, 3.63) is 155 Å². The Balaban J connectivity index is 1.71. The lowest BCUT2D eigenvalue weighted by Gasteiger charge is -2.43. The Kier molecular flexibility index (Phi) is 9.00. The summed E-state index contributed by atoms with van der Waals surface area (Å²) < 4.78 is 7.38. The number of anilines is 1. The average Bonchev–Trinajstić information content (AvgIpc) is 3.16. The summed E-state index contributed by atoms with van der Waals surface area (Å²) in [4.78, 5) is 17.8. The molecule has 5 aromatic carbocycles. The van der Waals surface area contributed by atoms with Gasteiger partial charge in [-0.3, -0.25) is 4.79 Å². The molecule has 0 unspecified atom stereocenters. The van der Waals surface area contributed by atoms with Crippen molar-refractivity contribution in [3.8, 4) is 16.9 Å². The van der Waals surface area contributed by atoms with E-state index in [2.05, 4.69) is 121 Å². The summed E-state index contributed by atoms with van der Waals surface area (Å²) in [5, 5.41) is 0. The van der Waals surface area contributed by atoms with Crippen molar-refractivity contribution in [3.63, 3.8) is 0 Å². The molecule has 0 bridgehead atoms. The molecule has 6 rings (SSSR count). The maximum Gasteiger partial charge on any atom is 0.258 e. The molecular formula is C43H47NO2Si. The highest BCUT2D eigenvalue weighted by Crippen LogP contribution is 2.53. The number of hydrogen-bond acceptors (Lipinski definition) is 2. The Hall–Kier alpha value is -4.41. The number of hydrogen-bond donors (Lipinski definition) is 0. The first-order valence-electron chi connectivity index (χ1n) is 17.0. The third kappa shape index (κ3) is 5.33. The Morgan fingerprint density at radius 2 is 1.13 bits per heavy atom. The minimum Gasteiger partial charge on any atom is -0.542 e. The fourth-order valence-electron chi connectivity index (χ4n) is 8.38. The van der Waals surface area contributed by atoms with Crippen molar-refractivity contribution in [1.29, 1.82) is 0 Å². The van der Waals surface area contributed by atoms with Crippen molar-refractivity contribution < 1.29 is 9.22 Å². The number of carbonyl (C=O) groups excluding carboxylic acids is 1. The minimum absolute atomic E-state index is 0.0354. The van der Waals surface area contributed by atoms with Gasteiger partial charge in [0, 0.05) is 5.56 Å². The molecule has 3 nitrogen and oxygen atoms in total. The van der Waals surface area contributed by atoms with Gasteiger partial charge in [0.05, 0.1) is 12.2 Å². The molecule has 240 valence electrons. The summed E-state index contributed by atoms with van der Waals surface area (Å²) in [5.41, 5.74) is 8.33. The lowest BCUT2D eigenvalue weighted by atomic mass is 9.67. The number of amides is 1. The van der Waals surface area contributed by atoms with Gasteiger partial charge in [-0.05, 0) is 69.1 Å². The van der Waals surface area contributed by atoms with Crippen LogP contribution in [-0.2, 0) is 16.8 Å². The van der Waals surface area contributed by atoms with Crippen LogP contribution in [0.2, 0.25) is 16.6 Å². The number of carbonyl (C=O) groups is 1. The highest BCUT2D eigenvalue weighted by Gasteiger charge is 2.51. The van der Waals surface area contributed by atoms with Gasteiger partial charge in [0.15, 0.2) is 0 Å². The number of rotatable bonds is 9. The predicted molar refractivity (Wildman–Crippen MR) is 199 cm³/mol. The van der Waals surface area contributed by atoms with E-state index in [0.29, 0.717) is 23.2 Å². The summed E-state index contributed by atoms with van der Waals surface area (Å²) in [6.45, 7) is 16.6. The Morgan fingerprint density at radius 1 is 0.638 bits per heavy atom. The van der Waals surface area contributed by atoms with E-state index < -0.39 is 13.7 Å². The standard InChI is InChI=1S/C43H47NO2Si/c1-30(2)47(31(3)4,32(5)6)46-40-28-27-39-41(33(40)7)37-25-17-18-26-38(37)43(35-21-13-9-14-22-35,36-23-15-10-16-24-36)42(45)44(39)29-34-19-11-8-12-20-34/h8-28,30-32H,29H2,1-7H3. The molecule has 0 fully saturated rings. The number of nitrogens with zero attached hydrogens (tertiary/aromatic N) is 1. The van der Waals surface area contributed by atoms with Gasteiger partial charge in [-0.15, -0.1) is 0 Å². The molecule has 0 saturated heterocycles. The smallest absolute Gasteiger partial charge is 0.258 e. The maximum absolute atomic E-state index is 15.8. The summed E-state index contributed by atoms with van der Waals surface area (Å²) in [6, 6.07) is 43.8. The van der Waals surface area contributed by atoms with Crippen LogP contribution in [0.5, 0.6) is 5.75 Å². The molecule has 47 heavy (non-hydrogen) atoms. The molecule has 0 radical (unpaired) electrons. The summed E-state index contributed by atoms with van der Waals surface area (Å²) in [7, 11) is -2.25. The summed E-state index contributed by atoms with van der Waals surface area (Å²) in [5.74, 6) is 0.966. The molecule has 0 N–H and O–H groups in total. The first-order chi connectivity index (χ1) is 22.6. The van der Waals surface area contributed by atoms with E-state index in [0.717, 1.165) is 50.4 Å². The van der Waals surface area contributed by atoms with Crippen LogP contribution in [0.3, 0.4) is 0 Å². The molecule has 5 aromatic rings. The molecule has 1 aliphatic heterocycles. The van der Waals surface area contributed by atoms with E-state index in [1.54, 1.807) is 0 Å². The summed E-state index contributed by atoms with van der Waals surface area (Å²) >= 11 is 0. The molecule has 0 aliphatic carbocycles. The fraction of sp³-hybridized carbons (Fsp3) is 0.279. The second-order valence-corrected chi connectivity index (χ2v) is 19.3. The zero-order valence-electron chi connectivity index (χ0n) is 28.8. The maximum atomic E-state index is 15.8. The van der Waals surface area contributed by atoms with Gasteiger partial charge in [-0.2, -0.15) is 0 Å². The third-order valence-electron chi connectivity index (χ3n) is 10.4.